The Morgan fingerprint density at radius 3 is 1.85 bits per heavy atom. The Labute approximate surface area is 165 Å². The summed E-state index contributed by atoms with van der Waals surface area (Å²) < 4.78 is 28.1. The summed E-state index contributed by atoms with van der Waals surface area (Å²) in [5.41, 5.74) is 6.19. The van der Waals surface area contributed by atoms with Gasteiger partial charge in [0.1, 0.15) is 11.5 Å². The number of carbonyl (C=O) groups excluding carboxylic acids is 1. The Kier molecular flexibility index (Phi) is 7.39. The Morgan fingerprint density at radius 2 is 1.44 bits per heavy atom. The van der Waals surface area contributed by atoms with Crippen molar-refractivity contribution in [1.82, 2.24) is 0 Å². The molecule has 2 aromatic rings. The highest BCUT2D eigenvalue weighted by Gasteiger charge is 2.27. The monoisotopic (exact) mass is 413 g/mol. The number of hydrogen-bond donors (Lipinski definition) is 3. The van der Waals surface area contributed by atoms with Gasteiger partial charge in [-0.2, -0.15) is 0 Å². The van der Waals surface area contributed by atoms with E-state index in [4.69, 9.17) is 15.6 Å². The Hall–Kier alpha value is -2.13. The largest absolute Gasteiger partial charge is 0.457 e. The first-order chi connectivity index (χ1) is 12.0. The molecule has 0 aliphatic heterocycles. The molecule has 0 spiro atoms. The first kappa shape index (κ1) is 22.9. The minimum Gasteiger partial charge on any atom is -0.457 e. The van der Waals surface area contributed by atoms with Crippen molar-refractivity contribution in [1.29, 1.82) is 0 Å². The zero-order chi connectivity index (χ0) is 19.5. The molecule has 0 unspecified atom stereocenters. The fraction of sp³-hybridized carbons (Fsp3) is 0.278. The van der Waals surface area contributed by atoms with Crippen LogP contribution < -0.4 is 20.9 Å². The number of sulfonamides is 1. The van der Waals surface area contributed by atoms with Crippen molar-refractivity contribution in [3.8, 4) is 11.5 Å². The zero-order valence-corrected chi connectivity index (χ0v) is 16.9. The summed E-state index contributed by atoms with van der Waals surface area (Å²) in [6.45, 7) is 5.69. The summed E-state index contributed by atoms with van der Waals surface area (Å²) in [5, 5.41) is 7.82. The van der Waals surface area contributed by atoms with E-state index in [-0.39, 0.29) is 28.6 Å². The molecule has 2 aromatic carbocycles. The van der Waals surface area contributed by atoms with Gasteiger partial charge in [-0.3, -0.25) is 4.79 Å². The highest BCUT2D eigenvalue weighted by molar-refractivity contribution is 7.89. The predicted octanol–water partition coefficient (Wildman–Crippen LogP) is 2.86. The molecule has 1 amide bonds. The van der Waals surface area contributed by atoms with E-state index >= 15 is 0 Å². The van der Waals surface area contributed by atoms with Crippen LogP contribution in [0.1, 0.15) is 20.8 Å². The maximum absolute atomic E-state index is 12.1. The number of halogens is 1. The molecule has 0 aliphatic carbocycles. The third kappa shape index (κ3) is 6.51. The van der Waals surface area contributed by atoms with Gasteiger partial charge < -0.3 is 15.8 Å². The third-order valence-electron chi connectivity index (χ3n) is 3.73. The first-order valence-corrected chi connectivity index (χ1v) is 9.49. The molecule has 9 heteroatoms. The zero-order valence-electron chi connectivity index (χ0n) is 15.3. The van der Waals surface area contributed by atoms with E-state index in [1.807, 2.05) is 20.8 Å². The summed E-state index contributed by atoms with van der Waals surface area (Å²) in [4.78, 5) is 12.1. The molecule has 0 aromatic heterocycles. The Morgan fingerprint density at radius 1 is 1.00 bits per heavy atom. The molecule has 0 saturated heterocycles. The highest BCUT2D eigenvalue weighted by atomic mass is 35.5. The quantitative estimate of drug-likeness (QED) is 0.695. The molecule has 0 aliphatic rings. The third-order valence-corrected chi connectivity index (χ3v) is 4.65. The minimum absolute atomic E-state index is 0. The minimum atomic E-state index is -3.73. The lowest BCUT2D eigenvalue weighted by atomic mass is 9.87. The standard InChI is InChI=1S/C18H23N3O4S.ClH/c1-18(2,3)16(19)17(22)21-12-4-6-13(7-5-12)25-14-8-10-15(11-9-14)26(20,23)24;/h4-11,16H,19H2,1-3H3,(H,21,22)(H2,20,23,24);1H/t16-;/m1./s1. The van der Waals surface area contributed by atoms with Crippen LogP contribution in [0.3, 0.4) is 0 Å². The van der Waals surface area contributed by atoms with Gasteiger partial charge in [0.05, 0.1) is 10.9 Å². The fourth-order valence-corrected chi connectivity index (χ4v) is 2.57. The van der Waals surface area contributed by atoms with Gasteiger partial charge in [0.25, 0.3) is 0 Å². The van der Waals surface area contributed by atoms with Gasteiger partial charge >= 0.3 is 0 Å². The summed E-state index contributed by atoms with van der Waals surface area (Å²) >= 11 is 0. The number of nitrogens with two attached hydrogens (primary N) is 2. The van der Waals surface area contributed by atoms with Gasteiger partial charge in [0.15, 0.2) is 0 Å². The van der Waals surface area contributed by atoms with E-state index in [1.165, 1.54) is 24.3 Å². The molecule has 5 N–H and O–H groups in total. The van der Waals surface area contributed by atoms with Gasteiger partial charge in [-0.05, 0) is 53.9 Å². The van der Waals surface area contributed by atoms with Gasteiger partial charge in [-0.1, -0.05) is 20.8 Å². The van der Waals surface area contributed by atoms with Crippen LogP contribution in [0, 0.1) is 5.41 Å². The molecular formula is C18H24ClN3O4S. The number of anilines is 1. The van der Waals surface area contributed by atoms with E-state index in [1.54, 1.807) is 24.3 Å². The van der Waals surface area contributed by atoms with Crippen molar-refractivity contribution in [2.75, 3.05) is 5.32 Å². The summed E-state index contributed by atoms with van der Waals surface area (Å²) in [7, 11) is -3.73. The number of benzene rings is 2. The van der Waals surface area contributed by atoms with E-state index in [0.29, 0.717) is 17.2 Å². The van der Waals surface area contributed by atoms with Crippen LogP contribution in [0.2, 0.25) is 0 Å². The second-order valence-electron chi connectivity index (χ2n) is 6.98. The number of carbonyl (C=O) groups is 1. The average Bonchev–Trinajstić information content (AvgIpc) is 2.54. The van der Waals surface area contributed by atoms with E-state index in [2.05, 4.69) is 5.32 Å². The molecule has 2 rings (SSSR count). The number of primary sulfonamides is 1. The molecule has 7 nitrogen and oxygen atoms in total. The molecule has 148 valence electrons. The van der Waals surface area contributed by atoms with Crippen LogP contribution in [0.25, 0.3) is 0 Å². The van der Waals surface area contributed by atoms with Gasteiger partial charge in [0, 0.05) is 5.69 Å². The second-order valence-corrected chi connectivity index (χ2v) is 8.54. The van der Waals surface area contributed by atoms with Crippen molar-refractivity contribution in [3.63, 3.8) is 0 Å². The topological polar surface area (TPSA) is 125 Å². The lowest BCUT2D eigenvalue weighted by molar-refractivity contribution is -0.119. The van der Waals surface area contributed by atoms with E-state index < -0.39 is 16.1 Å². The molecule has 1 atom stereocenters. The molecule has 0 heterocycles. The summed E-state index contributed by atoms with van der Waals surface area (Å²) in [6.07, 6.45) is 0. The molecule has 0 fully saturated rings. The Balaban J connectivity index is 0.00000364. The van der Waals surface area contributed by atoms with Crippen molar-refractivity contribution in [2.24, 2.45) is 16.3 Å². The van der Waals surface area contributed by atoms with Crippen molar-refractivity contribution in [2.45, 2.75) is 31.7 Å². The summed E-state index contributed by atoms with van der Waals surface area (Å²) in [5.74, 6) is 0.736. The molecule has 27 heavy (non-hydrogen) atoms. The first-order valence-electron chi connectivity index (χ1n) is 7.94. The number of rotatable bonds is 5. The van der Waals surface area contributed by atoms with Crippen LogP contribution in [-0.4, -0.2) is 20.4 Å². The van der Waals surface area contributed by atoms with Gasteiger partial charge in [-0.25, -0.2) is 13.6 Å². The van der Waals surface area contributed by atoms with Crippen molar-refractivity contribution in [3.05, 3.63) is 48.5 Å². The van der Waals surface area contributed by atoms with Crippen LogP contribution in [0.15, 0.2) is 53.4 Å². The molecule has 0 radical (unpaired) electrons. The van der Waals surface area contributed by atoms with Crippen molar-refractivity contribution < 1.29 is 17.9 Å². The van der Waals surface area contributed by atoms with E-state index in [0.717, 1.165) is 0 Å². The molecule has 0 bridgehead atoms. The predicted molar refractivity (Wildman–Crippen MR) is 108 cm³/mol. The Bertz CT molecular complexity index is 876. The van der Waals surface area contributed by atoms with Crippen LogP contribution in [-0.2, 0) is 14.8 Å². The number of ether oxygens (including phenoxy) is 1. The second kappa shape index (κ2) is 8.71. The highest BCUT2D eigenvalue weighted by Crippen LogP contribution is 2.25. The fourth-order valence-electron chi connectivity index (χ4n) is 2.05. The normalized spacial score (nSPS) is 12.6. The van der Waals surface area contributed by atoms with E-state index in [9.17, 15) is 13.2 Å². The molecule has 0 saturated carbocycles. The van der Waals surface area contributed by atoms with Crippen LogP contribution in [0.5, 0.6) is 11.5 Å². The number of hydrogen-bond acceptors (Lipinski definition) is 5. The molecular weight excluding hydrogens is 390 g/mol. The smallest absolute Gasteiger partial charge is 0.241 e. The SMILES string of the molecule is CC(C)(C)[C@H](N)C(=O)Nc1ccc(Oc2ccc(S(N)(=O)=O)cc2)cc1.Cl. The maximum atomic E-state index is 12.1. The van der Waals surface area contributed by atoms with Crippen LogP contribution >= 0.6 is 12.4 Å². The number of amides is 1. The average molecular weight is 414 g/mol. The lowest BCUT2D eigenvalue weighted by Crippen LogP contribution is -2.45. The summed E-state index contributed by atoms with van der Waals surface area (Å²) in [6, 6.07) is 11.9. The van der Waals surface area contributed by atoms with Gasteiger partial charge in [-0.15, -0.1) is 12.4 Å². The number of nitrogens with one attached hydrogen (secondary N) is 1. The maximum Gasteiger partial charge on any atom is 0.241 e. The lowest BCUT2D eigenvalue weighted by Gasteiger charge is -2.25. The van der Waals surface area contributed by atoms with Crippen LogP contribution in [0.4, 0.5) is 5.69 Å². The van der Waals surface area contributed by atoms with Gasteiger partial charge in [0.2, 0.25) is 15.9 Å². The van der Waals surface area contributed by atoms with Crippen molar-refractivity contribution >= 4 is 34.0 Å².